The summed E-state index contributed by atoms with van der Waals surface area (Å²) in [5, 5.41) is 1.11. The Kier molecular flexibility index (Phi) is 2.00. The number of para-hydroxylation sites is 1. The highest BCUT2D eigenvalue weighted by Gasteiger charge is 2.07. The zero-order chi connectivity index (χ0) is 10.1. The largest absolute Gasteiger partial charge is 0.369 e. The van der Waals surface area contributed by atoms with Crippen LogP contribution in [-0.4, -0.2) is 10.5 Å². The molecule has 0 saturated heterocycles. The van der Waals surface area contributed by atoms with Crippen molar-refractivity contribution in [3.8, 4) is 0 Å². The molecule has 3 heteroatoms. The molecule has 2 N–H and O–H groups in total. The number of fused-ring (bicyclic) bond motifs is 1. The lowest BCUT2D eigenvalue weighted by molar-refractivity contribution is -0.117. The number of carbonyl (C=O) groups is 1. The number of amides is 1. The molecular formula is C11H12N2O. The molecule has 2 aromatic rings. The standard InChI is InChI=1S/C11H12N2O/c1-13-7-8(6-11(12)14)9-4-2-3-5-10(9)13/h2-5,7H,6H2,1H3,(H2,12,14). The monoisotopic (exact) mass is 188 g/mol. The predicted octanol–water partition coefficient (Wildman–Crippen LogP) is 1.21. The minimum absolute atomic E-state index is 0.290. The first-order valence-corrected chi connectivity index (χ1v) is 4.49. The van der Waals surface area contributed by atoms with Gasteiger partial charge < -0.3 is 10.3 Å². The summed E-state index contributed by atoms with van der Waals surface area (Å²) >= 11 is 0. The molecule has 0 spiro atoms. The average molecular weight is 188 g/mol. The second-order valence-electron chi connectivity index (χ2n) is 3.43. The molecule has 1 aromatic heterocycles. The maximum atomic E-state index is 10.8. The van der Waals surface area contributed by atoms with Gasteiger partial charge in [0.2, 0.25) is 5.91 Å². The fourth-order valence-electron chi connectivity index (χ4n) is 1.75. The van der Waals surface area contributed by atoms with Crippen molar-refractivity contribution in [2.24, 2.45) is 12.8 Å². The molecule has 0 bridgehead atoms. The molecule has 0 unspecified atom stereocenters. The van der Waals surface area contributed by atoms with Crippen molar-refractivity contribution in [1.82, 2.24) is 4.57 Å². The van der Waals surface area contributed by atoms with E-state index in [0.717, 1.165) is 16.5 Å². The Bertz CT molecular complexity index is 485. The van der Waals surface area contributed by atoms with E-state index in [4.69, 9.17) is 5.73 Å². The van der Waals surface area contributed by atoms with Crippen LogP contribution in [0.1, 0.15) is 5.56 Å². The Morgan fingerprint density at radius 3 is 2.86 bits per heavy atom. The van der Waals surface area contributed by atoms with Gasteiger partial charge in [0.25, 0.3) is 0 Å². The fourth-order valence-corrected chi connectivity index (χ4v) is 1.75. The lowest BCUT2D eigenvalue weighted by atomic mass is 10.1. The topological polar surface area (TPSA) is 48.0 Å². The third kappa shape index (κ3) is 1.37. The normalized spacial score (nSPS) is 10.6. The van der Waals surface area contributed by atoms with Crippen LogP contribution in [0.25, 0.3) is 10.9 Å². The minimum atomic E-state index is -0.290. The van der Waals surface area contributed by atoms with Crippen LogP contribution in [0.3, 0.4) is 0 Å². The van der Waals surface area contributed by atoms with Crippen molar-refractivity contribution >= 4 is 16.8 Å². The van der Waals surface area contributed by atoms with Crippen LogP contribution in [0, 0.1) is 0 Å². The Morgan fingerprint density at radius 2 is 2.14 bits per heavy atom. The quantitative estimate of drug-likeness (QED) is 0.756. The number of primary amides is 1. The molecule has 0 fully saturated rings. The summed E-state index contributed by atoms with van der Waals surface area (Å²) in [5.41, 5.74) is 7.30. The molecule has 0 aliphatic heterocycles. The van der Waals surface area contributed by atoms with Crippen molar-refractivity contribution in [2.75, 3.05) is 0 Å². The van der Waals surface area contributed by atoms with Gasteiger partial charge in [-0.05, 0) is 11.6 Å². The maximum Gasteiger partial charge on any atom is 0.221 e. The van der Waals surface area contributed by atoms with Crippen molar-refractivity contribution in [2.45, 2.75) is 6.42 Å². The Balaban J connectivity index is 2.60. The summed E-state index contributed by atoms with van der Waals surface area (Å²) in [7, 11) is 1.97. The van der Waals surface area contributed by atoms with Gasteiger partial charge in [-0.3, -0.25) is 4.79 Å². The molecule has 0 aliphatic carbocycles. The van der Waals surface area contributed by atoms with Gasteiger partial charge in [0.1, 0.15) is 0 Å². The number of nitrogens with two attached hydrogens (primary N) is 1. The summed E-state index contributed by atoms with van der Waals surface area (Å²) in [6, 6.07) is 7.98. The maximum absolute atomic E-state index is 10.8. The van der Waals surface area contributed by atoms with Gasteiger partial charge in [0.05, 0.1) is 6.42 Å². The number of hydrogen-bond donors (Lipinski definition) is 1. The first kappa shape index (κ1) is 8.81. The SMILES string of the molecule is Cn1cc(CC(N)=O)c2ccccc21. The highest BCUT2D eigenvalue weighted by atomic mass is 16.1. The third-order valence-electron chi connectivity index (χ3n) is 2.34. The summed E-state index contributed by atoms with van der Waals surface area (Å²) in [6.45, 7) is 0. The molecule has 14 heavy (non-hydrogen) atoms. The minimum Gasteiger partial charge on any atom is -0.369 e. The lowest BCUT2D eigenvalue weighted by Gasteiger charge is -1.94. The summed E-state index contributed by atoms with van der Waals surface area (Å²) in [5.74, 6) is -0.290. The Labute approximate surface area is 82.1 Å². The zero-order valence-electron chi connectivity index (χ0n) is 8.03. The number of rotatable bonds is 2. The Hall–Kier alpha value is -1.77. The number of hydrogen-bond acceptors (Lipinski definition) is 1. The van der Waals surface area contributed by atoms with Gasteiger partial charge in [0, 0.05) is 24.1 Å². The number of aryl methyl sites for hydroxylation is 1. The third-order valence-corrected chi connectivity index (χ3v) is 2.34. The van der Waals surface area contributed by atoms with E-state index in [0.29, 0.717) is 6.42 Å². The van der Waals surface area contributed by atoms with Crippen LogP contribution in [0.5, 0.6) is 0 Å². The number of nitrogens with zero attached hydrogens (tertiary/aromatic N) is 1. The van der Waals surface area contributed by atoms with Crippen LogP contribution in [0.2, 0.25) is 0 Å². The van der Waals surface area contributed by atoms with E-state index in [1.165, 1.54) is 0 Å². The smallest absolute Gasteiger partial charge is 0.221 e. The van der Waals surface area contributed by atoms with Crippen molar-refractivity contribution in [1.29, 1.82) is 0 Å². The molecule has 72 valence electrons. The summed E-state index contributed by atoms with van der Waals surface area (Å²) < 4.78 is 2.01. The average Bonchev–Trinajstić information content (AvgIpc) is 2.44. The van der Waals surface area contributed by atoms with E-state index >= 15 is 0 Å². The highest BCUT2D eigenvalue weighted by molar-refractivity contribution is 5.88. The Morgan fingerprint density at radius 1 is 1.43 bits per heavy atom. The van der Waals surface area contributed by atoms with Gasteiger partial charge in [-0.15, -0.1) is 0 Å². The zero-order valence-corrected chi connectivity index (χ0v) is 8.03. The van der Waals surface area contributed by atoms with Crippen molar-refractivity contribution in [3.63, 3.8) is 0 Å². The second kappa shape index (κ2) is 3.18. The van der Waals surface area contributed by atoms with Crippen LogP contribution in [-0.2, 0) is 18.3 Å². The summed E-state index contributed by atoms with van der Waals surface area (Å²) in [6.07, 6.45) is 2.26. The van der Waals surface area contributed by atoms with Crippen LogP contribution >= 0.6 is 0 Å². The molecule has 3 nitrogen and oxygen atoms in total. The summed E-state index contributed by atoms with van der Waals surface area (Å²) in [4.78, 5) is 10.8. The molecule has 1 aromatic carbocycles. The van der Waals surface area contributed by atoms with Gasteiger partial charge >= 0.3 is 0 Å². The van der Waals surface area contributed by atoms with Crippen LogP contribution in [0.15, 0.2) is 30.5 Å². The number of aromatic nitrogens is 1. The molecule has 0 radical (unpaired) electrons. The van der Waals surface area contributed by atoms with Crippen LogP contribution in [0.4, 0.5) is 0 Å². The van der Waals surface area contributed by atoms with E-state index in [1.54, 1.807) is 0 Å². The molecular weight excluding hydrogens is 176 g/mol. The number of benzene rings is 1. The van der Waals surface area contributed by atoms with E-state index in [2.05, 4.69) is 0 Å². The molecule has 1 amide bonds. The van der Waals surface area contributed by atoms with E-state index in [1.807, 2.05) is 42.1 Å². The van der Waals surface area contributed by atoms with Crippen molar-refractivity contribution in [3.05, 3.63) is 36.0 Å². The first-order chi connectivity index (χ1) is 6.68. The predicted molar refractivity (Wildman–Crippen MR) is 55.8 cm³/mol. The van der Waals surface area contributed by atoms with Gasteiger partial charge in [-0.1, -0.05) is 18.2 Å². The molecule has 1 heterocycles. The number of carbonyl (C=O) groups excluding carboxylic acids is 1. The van der Waals surface area contributed by atoms with Gasteiger partial charge in [-0.25, -0.2) is 0 Å². The molecule has 2 rings (SSSR count). The lowest BCUT2D eigenvalue weighted by Crippen LogP contribution is -2.13. The van der Waals surface area contributed by atoms with Gasteiger partial charge in [-0.2, -0.15) is 0 Å². The van der Waals surface area contributed by atoms with E-state index in [-0.39, 0.29) is 5.91 Å². The fraction of sp³-hybridized carbons (Fsp3) is 0.182. The highest BCUT2D eigenvalue weighted by Crippen LogP contribution is 2.20. The first-order valence-electron chi connectivity index (χ1n) is 4.49. The van der Waals surface area contributed by atoms with E-state index in [9.17, 15) is 4.79 Å². The second-order valence-corrected chi connectivity index (χ2v) is 3.43. The van der Waals surface area contributed by atoms with E-state index < -0.39 is 0 Å². The molecule has 0 saturated carbocycles. The van der Waals surface area contributed by atoms with Crippen LogP contribution < -0.4 is 5.73 Å². The van der Waals surface area contributed by atoms with Gasteiger partial charge in [0.15, 0.2) is 0 Å². The molecule has 0 atom stereocenters. The van der Waals surface area contributed by atoms with Crippen molar-refractivity contribution < 1.29 is 4.79 Å². The molecule has 0 aliphatic rings.